The molecule has 0 radical (unpaired) electrons. The minimum atomic E-state index is 0.316. The predicted octanol–water partition coefficient (Wildman–Crippen LogP) is 2.69. The van der Waals surface area contributed by atoms with E-state index in [-0.39, 0.29) is 0 Å². The van der Waals surface area contributed by atoms with Crippen molar-refractivity contribution in [3.05, 3.63) is 47.7 Å². The van der Waals surface area contributed by atoms with Gasteiger partial charge in [0, 0.05) is 30.9 Å². The summed E-state index contributed by atoms with van der Waals surface area (Å²) in [4.78, 5) is 10.6. The molecule has 0 aliphatic carbocycles. The van der Waals surface area contributed by atoms with Gasteiger partial charge in [-0.05, 0) is 32.9 Å². The van der Waals surface area contributed by atoms with Gasteiger partial charge in [0.25, 0.3) is 0 Å². The van der Waals surface area contributed by atoms with Gasteiger partial charge in [-0.25, -0.2) is 4.98 Å². The van der Waals surface area contributed by atoms with Crippen molar-refractivity contribution in [3.8, 4) is 0 Å². The van der Waals surface area contributed by atoms with Gasteiger partial charge in [0.05, 0.1) is 0 Å². The van der Waals surface area contributed by atoms with Crippen molar-refractivity contribution in [3.63, 3.8) is 0 Å². The molecule has 1 atom stereocenters. The van der Waals surface area contributed by atoms with Gasteiger partial charge in [-0.3, -0.25) is 4.90 Å². The van der Waals surface area contributed by atoms with E-state index < -0.39 is 0 Å². The van der Waals surface area contributed by atoms with Crippen LogP contribution in [0.2, 0.25) is 0 Å². The van der Waals surface area contributed by atoms with Crippen LogP contribution in [-0.2, 0) is 6.54 Å². The van der Waals surface area contributed by atoms with Gasteiger partial charge >= 0.3 is 0 Å². The zero-order valence-electron chi connectivity index (χ0n) is 13.6. The molecule has 0 fully saturated rings. The fourth-order valence-corrected chi connectivity index (χ4v) is 2.34. The van der Waals surface area contributed by atoms with Crippen LogP contribution >= 0.6 is 0 Å². The molecule has 1 aromatic heterocycles. The van der Waals surface area contributed by atoms with Crippen LogP contribution in [0.1, 0.15) is 24.6 Å². The normalized spacial score (nSPS) is 12.4. The monoisotopic (exact) mass is 299 g/mol. The highest BCUT2D eigenvalue weighted by molar-refractivity contribution is 5.40. The van der Waals surface area contributed by atoms with E-state index in [1.54, 1.807) is 0 Å². The maximum absolute atomic E-state index is 5.65. The van der Waals surface area contributed by atoms with E-state index in [9.17, 15) is 0 Å². The minimum Gasteiger partial charge on any atom is -0.370 e. The van der Waals surface area contributed by atoms with E-state index in [0.29, 0.717) is 12.0 Å². The van der Waals surface area contributed by atoms with Crippen LogP contribution in [0.15, 0.2) is 36.4 Å². The molecule has 2 rings (SSSR count). The third-order valence-electron chi connectivity index (χ3n) is 3.77. The highest BCUT2D eigenvalue weighted by atomic mass is 15.1. The van der Waals surface area contributed by atoms with E-state index in [1.165, 1.54) is 5.56 Å². The molecule has 0 spiro atoms. The number of hydrogen-bond acceptors (Lipinski definition) is 5. The summed E-state index contributed by atoms with van der Waals surface area (Å²) in [6.45, 7) is 5.97. The molecule has 0 bridgehead atoms. The van der Waals surface area contributed by atoms with Gasteiger partial charge in [-0.1, -0.05) is 30.3 Å². The van der Waals surface area contributed by atoms with E-state index in [0.717, 1.165) is 31.0 Å². The van der Waals surface area contributed by atoms with Gasteiger partial charge in [-0.15, -0.1) is 0 Å². The highest BCUT2D eigenvalue weighted by Crippen LogP contribution is 2.10. The van der Waals surface area contributed by atoms with Crippen molar-refractivity contribution in [2.45, 2.75) is 32.9 Å². The minimum absolute atomic E-state index is 0.316. The van der Waals surface area contributed by atoms with Crippen LogP contribution in [-0.4, -0.2) is 34.5 Å². The Labute approximate surface area is 132 Å². The van der Waals surface area contributed by atoms with Crippen molar-refractivity contribution >= 4 is 11.8 Å². The molecule has 0 saturated heterocycles. The average Bonchev–Trinajstić information content (AvgIpc) is 2.47. The Morgan fingerprint density at radius 1 is 1.23 bits per heavy atom. The first-order valence-corrected chi connectivity index (χ1v) is 7.64. The molecule has 3 N–H and O–H groups in total. The molecular weight excluding hydrogens is 274 g/mol. The molecule has 22 heavy (non-hydrogen) atoms. The standard InChI is InChI=1S/C17H25N5/c1-13-11-16(21-17(18)20-13)19-10-9-14(2)22(3)12-15-7-5-4-6-8-15/h4-8,11,14H,9-10,12H2,1-3H3,(H3,18,19,20,21). The third kappa shape index (κ3) is 5.00. The number of benzene rings is 1. The summed E-state index contributed by atoms with van der Waals surface area (Å²) in [6.07, 6.45) is 1.03. The number of nitrogens with one attached hydrogen (secondary N) is 1. The van der Waals surface area contributed by atoms with Crippen LogP contribution in [0, 0.1) is 6.92 Å². The molecule has 1 aromatic carbocycles. The van der Waals surface area contributed by atoms with Gasteiger partial charge in [-0.2, -0.15) is 4.98 Å². The van der Waals surface area contributed by atoms with Crippen molar-refractivity contribution in [1.29, 1.82) is 0 Å². The lowest BCUT2D eigenvalue weighted by Gasteiger charge is -2.25. The van der Waals surface area contributed by atoms with Crippen molar-refractivity contribution in [2.75, 3.05) is 24.6 Å². The molecule has 1 heterocycles. The van der Waals surface area contributed by atoms with Crippen LogP contribution in [0.4, 0.5) is 11.8 Å². The SMILES string of the molecule is Cc1cc(NCCC(C)N(C)Cc2ccccc2)nc(N)n1. The van der Waals surface area contributed by atoms with E-state index in [2.05, 4.69) is 58.4 Å². The van der Waals surface area contributed by atoms with Crippen molar-refractivity contribution in [2.24, 2.45) is 0 Å². The molecule has 1 unspecified atom stereocenters. The largest absolute Gasteiger partial charge is 0.370 e. The summed E-state index contributed by atoms with van der Waals surface area (Å²) in [6, 6.07) is 12.9. The van der Waals surface area contributed by atoms with Crippen LogP contribution in [0.3, 0.4) is 0 Å². The summed E-state index contributed by atoms with van der Waals surface area (Å²) in [5, 5.41) is 3.32. The summed E-state index contributed by atoms with van der Waals surface area (Å²) < 4.78 is 0. The lowest BCUT2D eigenvalue weighted by atomic mass is 10.1. The average molecular weight is 299 g/mol. The Morgan fingerprint density at radius 2 is 1.95 bits per heavy atom. The van der Waals surface area contributed by atoms with Gasteiger partial charge in [0.1, 0.15) is 5.82 Å². The van der Waals surface area contributed by atoms with Crippen molar-refractivity contribution in [1.82, 2.24) is 14.9 Å². The summed E-state index contributed by atoms with van der Waals surface area (Å²) in [7, 11) is 2.16. The Hall–Kier alpha value is -2.14. The number of anilines is 2. The first-order valence-electron chi connectivity index (χ1n) is 7.64. The molecule has 2 aromatic rings. The maximum Gasteiger partial charge on any atom is 0.222 e. The molecule has 5 nitrogen and oxygen atoms in total. The van der Waals surface area contributed by atoms with Gasteiger partial charge in [0.2, 0.25) is 5.95 Å². The predicted molar refractivity (Wildman–Crippen MR) is 91.7 cm³/mol. The second-order valence-electron chi connectivity index (χ2n) is 5.72. The number of aromatic nitrogens is 2. The van der Waals surface area contributed by atoms with E-state index in [4.69, 9.17) is 5.73 Å². The summed E-state index contributed by atoms with van der Waals surface area (Å²) in [5.41, 5.74) is 7.87. The second-order valence-corrected chi connectivity index (χ2v) is 5.72. The summed E-state index contributed by atoms with van der Waals surface area (Å²) in [5.74, 6) is 1.11. The van der Waals surface area contributed by atoms with Gasteiger partial charge in [0.15, 0.2) is 0 Å². The molecule has 118 valence electrons. The topological polar surface area (TPSA) is 67.1 Å². The lowest BCUT2D eigenvalue weighted by molar-refractivity contribution is 0.242. The number of aryl methyl sites for hydroxylation is 1. The van der Waals surface area contributed by atoms with Crippen LogP contribution in [0.5, 0.6) is 0 Å². The van der Waals surface area contributed by atoms with Crippen LogP contribution in [0.25, 0.3) is 0 Å². The first kappa shape index (κ1) is 16.2. The number of nitrogens with two attached hydrogens (primary N) is 1. The maximum atomic E-state index is 5.65. The number of rotatable bonds is 7. The Bertz CT molecular complexity index is 565. The van der Waals surface area contributed by atoms with E-state index >= 15 is 0 Å². The molecule has 0 amide bonds. The van der Waals surface area contributed by atoms with Gasteiger partial charge < -0.3 is 11.1 Å². The number of nitrogens with zero attached hydrogens (tertiary/aromatic N) is 3. The molecule has 5 heteroatoms. The Kier molecular flexibility index (Phi) is 5.72. The molecule has 0 saturated carbocycles. The van der Waals surface area contributed by atoms with E-state index in [1.807, 2.05) is 19.1 Å². The number of hydrogen-bond donors (Lipinski definition) is 2. The highest BCUT2D eigenvalue weighted by Gasteiger charge is 2.09. The van der Waals surface area contributed by atoms with Crippen LogP contribution < -0.4 is 11.1 Å². The number of nitrogen functional groups attached to an aromatic ring is 1. The summed E-state index contributed by atoms with van der Waals surface area (Å²) >= 11 is 0. The molecular formula is C17H25N5. The fraction of sp³-hybridized carbons (Fsp3) is 0.412. The quantitative estimate of drug-likeness (QED) is 0.823. The fourth-order valence-electron chi connectivity index (χ4n) is 2.34. The molecule has 0 aliphatic heterocycles. The zero-order valence-corrected chi connectivity index (χ0v) is 13.6. The molecule has 0 aliphatic rings. The van der Waals surface area contributed by atoms with Crippen molar-refractivity contribution < 1.29 is 0 Å². The zero-order chi connectivity index (χ0) is 15.9. The third-order valence-corrected chi connectivity index (χ3v) is 3.77. The second kappa shape index (κ2) is 7.75. The Balaban J connectivity index is 1.78. The first-order chi connectivity index (χ1) is 10.5. The Morgan fingerprint density at radius 3 is 2.64 bits per heavy atom. The smallest absolute Gasteiger partial charge is 0.222 e. The lowest BCUT2D eigenvalue weighted by Crippen LogP contribution is -2.30.